The Kier molecular flexibility index (Phi) is 4.39. The van der Waals surface area contributed by atoms with Crippen molar-refractivity contribution in [3.8, 4) is 0 Å². The molecule has 2 heterocycles. The molecule has 2 aliphatic carbocycles. The largest absolute Gasteiger partial charge is 0.456 e. The average molecular weight is 364 g/mol. The van der Waals surface area contributed by atoms with Gasteiger partial charge in [0.1, 0.15) is 10.8 Å². The summed E-state index contributed by atoms with van der Waals surface area (Å²) < 4.78 is 5.99. The highest BCUT2D eigenvalue weighted by Gasteiger charge is 2.17. The second-order valence-corrected chi connectivity index (χ2v) is 7.58. The lowest BCUT2D eigenvalue weighted by atomic mass is 10.0. The highest BCUT2D eigenvalue weighted by Crippen LogP contribution is 2.17. The van der Waals surface area contributed by atoms with E-state index in [2.05, 4.69) is 16.3 Å². The predicted molar refractivity (Wildman–Crippen MR) is 106 cm³/mol. The van der Waals surface area contributed by atoms with Crippen LogP contribution < -0.4 is 16.1 Å². The first-order valence-corrected chi connectivity index (χ1v) is 9.40. The van der Waals surface area contributed by atoms with E-state index in [0.29, 0.717) is 6.42 Å². The quantitative estimate of drug-likeness (QED) is 0.904. The molecule has 0 fully saturated rings. The van der Waals surface area contributed by atoms with Gasteiger partial charge < -0.3 is 14.6 Å². The molecule has 2 aromatic heterocycles. The summed E-state index contributed by atoms with van der Waals surface area (Å²) in [7, 11) is 4.09. The van der Waals surface area contributed by atoms with Crippen molar-refractivity contribution >= 4 is 35.5 Å². The summed E-state index contributed by atoms with van der Waals surface area (Å²) in [6, 6.07) is 3.94. The van der Waals surface area contributed by atoms with Gasteiger partial charge in [0.05, 0.1) is 6.42 Å². The Bertz CT molecular complexity index is 1050. The molecule has 1 amide bonds. The Labute approximate surface area is 156 Å². The molecule has 0 radical (unpaired) electrons. The highest BCUT2D eigenvalue weighted by atomic mass is 32.1. The number of allylic oxidation sites excluding steroid dienone is 4. The van der Waals surface area contributed by atoms with Crippen LogP contribution in [0.2, 0.25) is 0 Å². The first-order valence-electron chi connectivity index (χ1n) is 8.52. The first kappa shape index (κ1) is 16.7. The number of thiophene rings is 1. The molecule has 0 aromatic carbocycles. The molecule has 0 saturated carbocycles. The Balaban J connectivity index is 1.62. The molecule has 0 aliphatic heterocycles. The van der Waals surface area contributed by atoms with Crippen molar-refractivity contribution < 1.29 is 9.21 Å². The van der Waals surface area contributed by atoms with E-state index in [0.717, 1.165) is 39.0 Å². The fourth-order valence-electron chi connectivity index (χ4n) is 3.13. The minimum absolute atomic E-state index is 0.00963. The van der Waals surface area contributed by atoms with Crippen LogP contribution in [0.15, 0.2) is 51.6 Å². The Morgan fingerprint density at radius 3 is 2.92 bits per heavy atom. The van der Waals surface area contributed by atoms with E-state index in [-0.39, 0.29) is 5.91 Å². The maximum absolute atomic E-state index is 12.3. The second kappa shape index (κ2) is 6.84. The summed E-state index contributed by atoms with van der Waals surface area (Å²) in [5.41, 5.74) is 5.95. The van der Waals surface area contributed by atoms with Crippen LogP contribution in [0.4, 0.5) is 0 Å². The second-order valence-electron chi connectivity index (χ2n) is 6.55. The van der Waals surface area contributed by atoms with E-state index < -0.39 is 0 Å². The number of hydrogen-bond donors (Lipinski definition) is 1. The van der Waals surface area contributed by atoms with Crippen molar-refractivity contribution in [3.63, 3.8) is 0 Å². The molecule has 5 heteroatoms. The fraction of sp³-hybridized carbons (Fsp3) is 0.190. The smallest absolute Gasteiger partial charge is 0.229 e. The molecular formula is C21H20N2O2S. The lowest BCUT2D eigenvalue weighted by Gasteiger charge is -2.18. The van der Waals surface area contributed by atoms with Gasteiger partial charge in [0, 0.05) is 47.9 Å². The molecule has 0 saturated heterocycles. The van der Waals surface area contributed by atoms with Gasteiger partial charge in [-0.25, -0.2) is 0 Å². The number of hydrogen-bond acceptors (Lipinski definition) is 4. The number of amides is 1. The van der Waals surface area contributed by atoms with Crippen LogP contribution >= 0.6 is 11.3 Å². The van der Waals surface area contributed by atoms with Crippen molar-refractivity contribution in [2.24, 2.45) is 0 Å². The first-order chi connectivity index (χ1) is 12.6. The molecule has 1 N–H and O–H groups in total. The summed E-state index contributed by atoms with van der Waals surface area (Å²) in [5, 5.41) is 5.00. The van der Waals surface area contributed by atoms with E-state index in [1.807, 2.05) is 62.0 Å². The number of nitrogens with one attached hydrogen (secondary N) is 1. The van der Waals surface area contributed by atoms with E-state index in [9.17, 15) is 4.79 Å². The van der Waals surface area contributed by atoms with Gasteiger partial charge in [0.2, 0.25) is 5.91 Å². The van der Waals surface area contributed by atoms with Gasteiger partial charge in [-0.3, -0.25) is 4.79 Å². The van der Waals surface area contributed by atoms with Gasteiger partial charge in [-0.2, -0.15) is 0 Å². The van der Waals surface area contributed by atoms with Gasteiger partial charge in [0.25, 0.3) is 0 Å². The molecule has 0 spiro atoms. The average Bonchev–Trinajstić information content (AvgIpc) is 3.18. The lowest BCUT2D eigenvalue weighted by molar-refractivity contribution is -0.119. The maximum Gasteiger partial charge on any atom is 0.229 e. The van der Waals surface area contributed by atoms with Crippen molar-refractivity contribution in [2.45, 2.75) is 12.8 Å². The third-order valence-corrected chi connectivity index (χ3v) is 5.37. The number of nitrogens with zero attached hydrogens (tertiary/aromatic N) is 1. The number of fused-ring (bicyclic) bond motifs is 3. The molecule has 0 atom stereocenters. The van der Waals surface area contributed by atoms with Crippen molar-refractivity contribution in [1.82, 2.24) is 10.2 Å². The molecule has 0 bridgehead atoms. The zero-order valence-corrected chi connectivity index (χ0v) is 15.6. The molecule has 2 aromatic rings. The van der Waals surface area contributed by atoms with E-state index in [4.69, 9.17) is 4.42 Å². The van der Waals surface area contributed by atoms with Crippen LogP contribution in [0.3, 0.4) is 0 Å². The highest BCUT2D eigenvalue weighted by molar-refractivity contribution is 7.10. The van der Waals surface area contributed by atoms with Gasteiger partial charge >= 0.3 is 0 Å². The van der Waals surface area contributed by atoms with Crippen molar-refractivity contribution in [1.29, 1.82) is 0 Å². The van der Waals surface area contributed by atoms with E-state index in [1.165, 1.54) is 5.70 Å². The van der Waals surface area contributed by atoms with E-state index in [1.54, 1.807) is 11.3 Å². The van der Waals surface area contributed by atoms with Gasteiger partial charge in [-0.15, -0.1) is 11.3 Å². The molecule has 4 rings (SSSR count). The minimum atomic E-state index is -0.00963. The van der Waals surface area contributed by atoms with Crippen LogP contribution in [0, 0.1) is 0 Å². The molecule has 4 nitrogen and oxygen atoms in total. The van der Waals surface area contributed by atoms with Gasteiger partial charge in [-0.05, 0) is 41.8 Å². The summed E-state index contributed by atoms with van der Waals surface area (Å²) >= 11 is 1.59. The minimum Gasteiger partial charge on any atom is -0.456 e. The van der Waals surface area contributed by atoms with Crippen molar-refractivity contribution in [2.75, 3.05) is 14.1 Å². The normalized spacial score (nSPS) is 14.8. The fourth-order valence-corrected chi connectivity index (χ4v) is 3.84. The summed E-state index contributed by atoms with van der Waals surface area (Å²) in [5.74, 6) is -0.00963. The molecule has 132 valence electrons. The Morgan fingerprint density at radius 2 is 2.15 bits per heavy atom. The van der Waals surface area contributed by atoms with Gasteiger partial charge in [0.15, 0.2) is 0 Å². The zero-order valence-electron chi connectivity index (χ0n) is 14.8. The topological polar surface area (TPSA) is 45.5 Å². The summed E-state index contributed by atoms with van der Waals surface area (Å²) in [4.78, 5) is 15.5. The zero-order chi connectivity index (χ0) is 18.1. The number of furan rings is 1. The number of carbonyl (C=O) groups excluding carboxylic acids is 1. The Hall–Kier alpha value is -2.79. The van der Waals surface area contributed by atoms with Crippen molar-refractivity contribution in [3.05, 3.63) is 74.0 Å². The predicted octanol–water partition coefficient (Wildman–Crippen LogP) is 2.17. The SMILES string of the molecule is CN(C)C1=CC=c2oc3c(c2C1)C=C(NC(=O)Cc1cccs1)C=CC=3. The lowest BCUT2D eigenvalue weighted by Crippen LogP contribution is -2.23. The van der Waals surface area contributed by atoms with Crippen LogP contribution in [-0.4, -0.2) is 24.9 Å². The monoisotopic (exact) mass is 364 g/mol. The number of likely N-dealkylation sites (N-methyl/N-ethyl adjacent to an activating group) is 1. The molecule has 2 aliphatic rings. The molecular weight excluding hydrogens is 344 g/mol. The number of rotatable bonds is 4. The summed E-state index contributed by atoms with van der Waals surface area (Å²) in [6.07, 6.45) is 13.1. The number of carbonyl (C=O) groups is 1. The third kappa shape index (κ3) is 3.30. The summed E-state index contributed by atoms with van der Waals surface area (Å²) in [6.45, 7) is 0. The Morgan fingerprint density at radius 1 is 1.27 bits per heavy atom. The van der Waals surface area contributed by atoms with Crippen LogP contribution in [0.5, 0.6) is 0 Å². The standard InChI is InChI=1S/C21H20N2O2S/c1-23(2)15-8-9-20-18(12-15)17-11-14(5-3-7-19(17)25-20)22-21(24)13-16-6-4-10-26-16/h3-11H,12-13H2,1-2H3,(H,22,24). The maximum atomic E-state index is 12.3. The molecule has 26 heavy (non-hydrogen) atoms. The van der Waals surface area contributed by atoms with Crippen LogP contribution in [0.1, 0.15) is 16.0 Å². The molecule has 0 unspecified atom stereocenters. The third-order valence-electron chi connectivity index (χ3n) is 4.49. The van der Waals surface area contributed by atoms with Crippen LogP contribution in [-0.2, 0) is 17.6 Å². The van der Waals surface area contributed by atoms with E-state index >= 15 is 0 Å². The van der Waals surface area contributed by atoms with Crippen LogP contribution in [0.25, 0.3) is 18.2 Å². The van der Waals surface area contributed by atoms with Gasteiger partial charge in [-0.1, -0.05) is 12.1 Å².